The van der Waals surface area contributed by atoms with Crippen molar-refractivity contribution in [2.45, 2.75) is 12.5 Å². The summed E-state index contributed by atoms with van der Waals surface area (Å²) in [5.74, 6) is -2.06. The molecule has 0 spiro atoms. The Hall–Kier alpha value is -2.25. The number of hydrogen-bond acceptors (Lipinski definition) is 1. The molecule has 0 radical (unpaired) electrons. The lowest BCUT2D eigenvalue weighted by atomic mass is 10.0. The van der Waals surface area contributed by atoms with Gasteiger partial charge in [-0.25, -0.2) is 4.39 Å². The van der Waals surface area contributed by atoms with Gasteiger partial charge in [0.2, 0.25) is 0 Å². The largest absolute Gasteiger partial charge is 0.573 e. The van der Waals surface area contributed by atoms with Gasteiger partial charge >= 0.3 is 12.5 Å². The molecule has 0 aromatic heterocycles. The van der Waals surface area contributed by atoms with Gasteiger partial charge in [-0.1, -0.05) is 18.2 Å². The van der Waals surface area contributed by atoms with Crippen molar-refractivity contribution in [3.8, 4) is 16.9 Å². The van der Waals surface area contributed by atoms with E-state index in [0.717, 1.165) is 18.2 Å². The van der Waals surface area contributed by atoms with Crippen LogP contribution < -0.4 is 4.74 Å². The molecule has 2 aromatic carbocycles. The molecule has 0 bridgehead atoms. The summed E-state index contributed by atoms with van der Waals surface area (Å²) in [6, 6.07) is 6.63. The first-order valence-electron chi connectivity index (χ1n) is 5.79. The Labute approximate surface area is 119 Å². The number of alkyl halides is 6. The Balaban J connectivity index is 2.37. The monoisotopic (exact) mass is 324 g/mol. The maximum Gasteiger partial charge on any atom is 0.573 e. The second-order valence-corrected chi connectivity index (χ2v) is 4.27. The minimum Gasteiger partial charge on any atom is -0.406 e. The Bertz CT molecular complexity index is 674. The molecule has 0 unspecified atom stereocenters. The van der Waals surface area contributed by atoms with Crippen molar-refractivity contribution in [3.63, 3.8) is 0 Å². The van der Waals surface area contributed by atoms with Crippen molar-refractivity contribution < 1.29 is 35.5 Å². The summed E-state index contributed by atoms with van der Waals surface area (Å²) in [5.41, 5.74) is -1.36. The highest BCUT2D eigenvalue weighted by molar-refractivity contribution is 5.65. The zero-order valence-corrected chi connectivity index (χ0v) is 10.6. The fraction of sp³-hybridized carbons (Fsp3) is 0.143. The lowest BCUT2D eigenvalue weighted by molar-refractivity contribution is -0.274. The molecule has 0 heterocycles. The first-order valence-corrected chi connectivity index (χ1v) is 5.79. The van der Waals surface area contributed by atoms with Gasteiger partial charge in [-0.15, -0.1) is 13.2 Å². The highest BCUT2D eigenvalue weighted by Gasteiger charge is 2.34. The third kappa shape index (κ3) is 3.90. The van der Waals surface area contributed by atoms with Gasteiger partial charge < -0.3 is 4.74 Å². The number of ether oxygens (including phenoxy) is 1. The van der Waals surface area contributed by atoms with E-state index in [-0.39, 0.29) is 11.1 Å². The summed E-state index contributed by atoms with van der Waals surface area (Å²) in [6.07, 6.45) is -9.74. The van der Waals surface area contributed by atoms with Crippen LogP contribution in [0.15, 0.2) is 42.5 Å². The van der Waals surface area contributed by atoms with Gasteiger partial charge in [0.05, 0.1) is 5.56 Å². The van der Waals surface area contributed by atoms with E-state index in [4.69, 9.17) is 0 Å². The van der Waals surface area contributed by atoms with Crippen LogP contribution >= 0.6 is 0 Å². The molecule has 0 amide bonds. The van der Waals surface area contributed by atoms with E-state index in [1.165, 1.54) is 12.1 Å². The van der Waals surface area contributed by atoms with Gasteiger partial charge in [0.1, 0.15) is 11.6 Å². The van der Waals surface area contributed by atoms with Crippen molar-refractivity contribution in [2.24, 2.45) is 0 Å². The molecule has 0 N–H and O–H groups in total. The first kappa shape index (κ1) is 16.1. The van der Waals surface area contributed by atoms with Gasteiger partial charge in [-0.05, 0) is 35.4 Å². The summed E-state index contributed by atoms with van der Waals surface area (Å²) < 4.78 is 90.9. The SMILES string of the molecule is Fc1cc(-c2cccc(OC(F)(F)F)c2)ccc1C(F)(F)F. The van der Waals surface area contributed by atoms with Gasteiger partial charge in [-0.2, -0.15) is 13.2 Å². The Morgan fingerprint density at radius 3 is 1.95 bits per heavy atom. The third-order valence-electron chi connectivity index (χ3n) is 2.68. The van der Waals surface area contributed by atoms with E-state index in [1.807, 2.05) is 0 Å². The smallest absolute Gasteiger partial charge is 0.406 e. The van der Waals surface area contributed by atoms with Crippen LogP contribution in [0.3, 0.4) is 0 Å². The van der Waals surface area contributed by atoms with Crippen LogP contribution in [0.25, 0.3) is 11.1 Å². The molecular formula is C14H7F7O. The topological polar surface area (TPSA) is 9.23 Å². The molecule has 2 rings (SSSR count). The van der Waals surface area contributed by atoms with Crippen molar-refractivity contribution in [1.29, 1.82) is 0 Å². The molecule has 0 atom stereocenters. The van der Waals surface area contributed by atoms with Crippen LogP contribution in [-0.4, -0.2) is 6.36 Å². The molecule has 8 heteroatoms. The van der Waals surface area contributed by atoms with Crippen molar-refractivity contribution in [2.75, 3.05) is 0 Å². The lowest BCUT2D eigenvalue weighted by Crippen LogP contribution is -2.17. The van der Waals surface area contributed by atoms with Gasteiger partial charge in [0, 0.05) is 0 Å². The highest BCUT2D eigenvalue weighted by Crippen LogP contribution is 2.34. The van der Waals surface area contributed by atoms with E-state index >= 15 is 0 Å². The molecule has 0 aliphatic carbocycles. The molecule has 0 fully saturated rings. The van der Waals surface area contributed by atoms with Crippen molar-refractivity contribution >= 4 is 0 Å². The Kier molecular flexibility index (Phi) is 4.04. The quantitative estimate of drug-likeness (QED) is 0.671. The average Bonchev–Trinajstić information content (AvgIpc) is 2.35. The summed E-state index contributed by atoms with van der Waals surface area (Å²) in [4.78, 5) is 0. The van der Waals surface area contributed by atoms with Gasteiger partial charge in [-0.3, -0.25) is 0 Å². The van der Waals surface area contributed by atoms with E-state index in [9.17, 15) is 30.7 Å². The van der Waals surface area contributed by atoms with E-state index < -0.39 is 29.7 Å². The summed E-state index contributed by atoms with van der Waals surface area (Å²) in [5, 5.41) is 0. The highest BCUT2D eigenvalue weighted by atomic mass is 19.4. The third-order valence-corrected chi connectivity index (χ3v) is 2.68. The molecular weight excluding hydrogens is 317 g/mol. The minimum absolute atomic E-state index is 0.00174. The van der Waals surface area contributed by atoms with E-state index in [0.29, 0.717) is 12.1 Å². The fourth-order valence-electron chi connectivity index (χ4n) is 1.80. The predicted octanol–water partition coefficient (Wildman–Crippen LogP) is 5.41. The zero-order valence-electron chi connectivity index (χ0n) is 10.6. The van der Waals surface area contributed by atoms with Crippen LogP contribution in [-0.2, 0) is 6.18 Å². The van der Waals surface area contributed by atoms with Gasteiger partial charge in [0.15, 0.2) is 0 Å². The van der Waals surface area contributed by atoms with Crippen LogP contribution in [0.4, 0.5) is 30.7 Å². The second-order valence-electron chi connectivity index (χ2n) is 4.27. The van der Waals surface area contributed by atoms with Gasteiger partial charge in [0.25, 0.3) is 0 Å². The number of halogens is 7. The van der Waals surface area contributed by atoms with Crippen molar-refractivity contribution in [3.05, 3.63) is 53.8 Å². The van der Waals surface area contributed by atoms with E-state index in [2.05, 4.69) is 4.74 Å². The molecule has 2 aromatic rings. The number of hydrogen-bond donors (Lipinski definition) is 0. The lowest BCUT2D eigenvalue weighted by Gasteiger charge is -2.12. The van der Waals surface area contributed by atoms with Crippen LogP contribution in [0.1, 0.15) is 5.56 Å². The summed E-state index contributed by atoms with van der Waals surface area (Å²) in [6.45, 7) is 0. The van der Waals surface area contributed by atoms with Crippen LogP contribution in [0.2, 0.25) is 0 Å². The normalized spacial score (nSPS) is 12.3. The molecule has 118 valence electrons. The maximum absolute atomic E-state index is 13.5. The number of benzene rings is 2. The standard InChI is InChI=1S/C14H7F7O/c15-12-7-9(4-5-11(12)13(16,17)18)8-2-1-3-10(6-8)22-14(19,20)21/h1-7H. The Morgan fingerprint density at radius 2 is 1.41 bits per heavy atom. The van der Waals surface area contributed by atoms with Crippen molar-refractivity contribution in [1.82, 2.24) is 0 Å². The number of rotatable bonds is 2. The average molecular weight is 324 g/mol. The zero-order chi connectivity index (χ0) is 16.5. The fourth-order valence-corrected chi connectivity index (χ4v) is 1.80. The Morgan fingerprint density at radius 1 is 0.773 bits per heavy atom. The maximum atomic E-state index is 13.5. The second kappa shape index (κ2) is 5.51. The van der Waals surface area contributed by atoms with E-state index in [1.54, 1.807) is 0 Å². The molecule has 0 aliphatic rings. The van der Waals surface area contributed by atoms with Crippen LogP contribution in [0, 0.1) is 5.82 Å². The molecule has 22 heavy (non-hydrogen) atoms. The van der Waals surface area contributed by atoms with Crippen LogP contribution in [0.5, 0.6) is 5.75 Å². The molecule has 0 saturated heterocycles. The molecule has 1 nitrogen and oxygen atoms in total. The predicted molar refractivity (Wildman–Crippen MR) is 63.5 cm³/mol. The minimum atomic E-state index is -4.90. The first-order chi connectivity index (χ1) is 10.1. The summed E-state index contributed by atoms with van der Waals surface area (Å²) >= 11 is 0. The molecule has 0 aliphatic heterocycles. The molecule has 0 saturated carbocycles. The summed E-state index contributed by atoms with van der Waals surface area (Å²) in [7, 11) is 0.